The van der Waals surface area contributed by atoms with Gasteiger partial charge in [0, 0.05) is 34.5 Å². The first-order chi connectivity index (χ1) is 19.7. The molecule has 3 heterocycles. The van der Waals surface area contributed by atoms with Gasteiger partial charge in [-0.3, -0.25) is 4.57 Å². The Labute approximate surface area is 233 Å². The van der Waals surface area contributed by atoms with Gasteiger partial charge in [0.15, 0.2) is 0 Å². The van der Waals surface area contributed by atoms with E-state index in [0.29, 0.717) is 28.8 Å². The molecule has 0 spiro atoms. The van der Waals surface area contributed by atoms with Crippen LogP contribution in [-0.4, -0.2) is 19.6 Å². The smallest absolute Gasteiger partial charge is 0.219 e. The van der Waals surface area contributed by atoms with E-state index in [1.165, 1.54) is 48.6 Å². The normalized spacial score (nSPS) is 15.7. The van der Waals surface area contributed by atoms with E-state index in [2.05, 4.69) is 59.2 Å². The van der Waals surface area contributed by atoms with Crippen LogP contribution < -0.4 is 4.74 Å². The van der Waals surface area contributed by atoms with Crippen LogP contribution in [0.3, 0.4) is 0 Å². The van der Waals surface area contributed by atoms with Crippen LogP contribution in [0.5, 0.6) is 17.4 Å². The Morgan fingerprint density at radius 2 is 1.65 bits per heavy atom. The van der Waals surface area contributed by atoms with Crippen LogP contribution in [0.1, 0.15) is 61.1 Å². The van der Waals surface area contributed by atoms with Crippen molar-refractivity contribution >= 4 is 32.7 Å². The lowest BCUT2D eigenvalue weighted by atomic mass is 9.89. The van der Waals surface area contributed by atoms with E-state index in [1.54, 1.807) is 0 Å². The lowest BCUT2D eigenvalue weighted by Crippen LogP contribution is -2.03. The molecule has 2 aliphatic rings. The molecule has 8 rings (SSSR count). The third kappa shape index (κ3) is 3.83. The third-order valence-electron chi connectivity index (χ3n) is 8.94. The molecule has 1 saturated carbocycles. The minimum atomic E-state index is 0.307. The van der Waals surface area contributed by atoms with Gasteiger partial charge >= 0.3 is 0 Å². The Bertz CT molecular complexity index is 1920. The van der Waals surface area contributed by atoms with Crippen LogP contribution in [0.2, 0.25) is 0 Å². The van der Waals surface area contributed by atoms with Gasteiger partial charge in [0.25, 0.3) is 0 Å². The van der Waals surface area contributed by atoms with Crippen LogP contribution >= 0.6 is 0 Å². The molecule has 0 radical (unpaired) electrons. The fraction of sp³-hybridized carbons (Fsp3) is 0.257. The van der Waals surface area contributed by atoms with E-state index in [1.807, 2.05) is 24.4 Å². The average Bonchev–Trinajstić information content (AvgIpc) is 3.65. The lowest BCUT2D eigenvalue weighted by molar-refractivity contribution is 0.456. The summed E-state index contributed by atoms with van der Waals surface area (Å²) in [4.78, 5) is 9.57. The van der Waals surface area contributed by atoms with Crippen molar-refractivity contribution in [2.45, 2.75) is 57.3 Å². The summed E-state index contributed by atoms with van der Waals surface area (Å²) in [5.74, 6) is 3.04. The van der Waals surface area contributed by atoms with Gasteiger partial charge in [-0.05, 0) is 104 Å². The molecule has 0 amide bonds. The van der Waals surface area contributed by atoms with Gasteiger partial charge in [0.2, 0.25) is 5.88 Å². The number of benzene rings is 3. The summed E-state index contributed by atoms with van der Waals surface area (Å²) in [6.45, 7) is 0. The summed E-state index contributed by atoms with van der Waals surface area (Å²) >= 11 is 0. The average molecular weight is 526 g/mol. The Hall–Kier alpha value is -4.38. The molecule has 0 bridgehead atoms. The number of aryl methyl sites for hydroxylation is 1. The van der Waals surface area contributed by atoms with Crippen molar-refractivity contribution in [2.75, 3.05) is 0 Å². The van der Waals surface area contributed by atoms with E-state index in [-0.39, 0.29) is 0 Å². The fourth-order valence-electron chi connectivity index (χ4n) is 6.96. The molecule has 5 heteroatoms. The molecule has 0 aliphatic heterocycles. The quantitative estimate of drug-likeness (QED) is 0.250. The Morgan fingerprint density at radius 1 is 0.800 bits per heavy atom. The highest BCUT2D eigenvalue weighted by atomic mass is 16.5. The summed E-state index contributed by atoms with van der Waals surface area (Å²) in [6, 6.07) is 25.2. The molecular formula is C35H31N3O2. The minimum Gasteiger partial charge on any atom is -0.505 e. The van der Waals surface area contributed by atoms with E-state index in [4.69, 9.17) is 14.7 Å². The highest BCUT2D eigenvalue weighted by Gasteiger charge is 2.20. The molecule has 5 nitrogen and oxygen atoms in total. The molecule has 0 atom stereocenters. The Balaban J connectivity index is 1.23. The van der Waals surface area contributed by atoms with Crippen LogP contribution in [0, 0.1) is 0 Å². The molecule has 198 valence electrons. The highest BCUT2D eigenvalue weighted by Crippen LogP contribution is 2.39. The number of aromatic nitrogens is 3. The number of phenolic OH excluding ortho intramolecular Hbond substituents is 1. The monoisotopic (exact) mass is 525 g/mol. The molecule has 1 fully saturated rings. The maximum absolute atomic E-state index is 11.0. The zero-order chi connectivity index (χ0) is 26.6. The predicted octanol–water partition coefficient (Wildman–Crippen LogP) is 8.76. The van der Waals surface area contributed by atoms with Gasteiger partial charge < -0.3 is 9.84 Å². The number of pyridine rings is 2. The van der Waals surface area contributed by atoms with E-state index < -0.39 is 0 Å². The molecule has 2 aliphatic carbocycles. The van der Waals surface area contributed by atoms with Gasteiger partial charge in [0.1, 0.15) is 22.8 Å². The summed E-state index contributed by atoms with van der Waals surface area (Å²) in [6.07, 6.45) is 11.3. The lowest BCUT2D eigenvalue weighted by Gasteiger charge is -2.18. The fourth-order valence-corrected chi connectivity index (χ4v) is 6.96. The number of hydrogen-bond donors (Lipinski definition) is 1. The molecule has 1 N–H and O–H groups in total. The van der Waals surface area contributed by atoms with Crippen LogP contribution in [-0.2, 0) is 12.8 Å². The van der Waals surface area contributed by atoms with Crippen molar-refractivity contribution < 1.29 is 9.84 Å². The zero-order valence-electron chi connectivity index (χ0n) is 22.4. The third-order valence-corrected chi connectivity index (χ3v) is 8.94. The van der Waals surface area contributed by atoms with Crippen LogP contribution in [0.4, 0.5) is 0 Å². The standard InChI is InChI=1S/C35H31N3O2/c39-35-27-10-4-3-9-24(27)19-25-13-16-33(37-34(25)35)40-26-14-15-29-28-11-5-6-12-30(28)38(31(29)21-26)32-20-23(17-18-36-32)22-7-1-2-8-22/h5-6,11-22,39H,1-4,7-10H2. The summed E-state index contributed by atoms with van der Waals surface area (Å²) in [5, 5.41) is 14.3. The second-order valence-corrected chi connectivity index (χ2v) is 11.4. The number of phenols is 1. The molecule has 0 unspecified atom stereocenters. The first kappa shape index (κ1) is 23.5. The number of nitrogens with zero attached hydrogens (tertiary/aromatic N) is 3. The van der Waals surface area contributed by atoms with Gasteiger partial charge in [0.05, 0.1) is 11.0 Å². The van der Waals surface area contributed by atoms with Crippen LogP contribution in [0.15, 0.2) is 79.0 Å². The van der Waals surface area contributed by atoms with Gasteiger partial charge in [-0.15, -0.1) is 0 Å². The Kier molecular flexibility index (Phi) is 5.51. The van der Waals surface area contributed by atoms with Gasteiger partial charge in [-0.25, -0.2) is 9.97 Å². The second-order valence-electron chi connectivity index (χ2n) is 11.4. The number of para-hydroxylation sites is 1. The number of ether oxygens (including phenoxy) is 1. The van der Waals surface area contributed by atoms with Crippen molar-refractivity contribution in [1.29, 1.82) is 0 Å². The maximum Gasteiger partial charge on any atom is 0.219 e. The predicted molar refractivity (Wildman–Crippen MR) is 160 cm³/mol. The molecule has 3 aromatic heterocycles. The summed E-state index contributed by atoms with van der Waals surface area (Å²) in [7, 11) is 0. The molecule has 6 aromatic rings. The largest absolute Gasteiger partial charge is 0.505 e. The Morgan fingerprint density at radius 3 is 2.58 bits per heavy atom. The summed E-state index contributed by atoms with van der Waals surface area (Å²) < 4.78 is 8.58. The SMILES string of the molecule is Oc1c2c(cc3ccc(Oc4ccc5c6ccccc6n(-c6cc(C7CCCC7)ccn6)c5c4)nc13)CCCC2. The topological polar surface area (TPSA) is 60.2 Å². The number of rotatable bonds is 4. The molecule has 3 aromatic carbocycles. The van der Waals surface area contributed by atoms with E-state index in [0.717, 1.165) is 52.4 Å². The second kappa shape index (κ2) is 9.37. The van der Waals surface area contributed by atoms with E-state index in [9.17, 15) is 5.11 Å². The first-order valence-corrected chi connectivity index (χ1v) is 14.5. The first-order valence-electron chi connectivity index (χ1n) is 14.5. The van der Waals surface area contributed by atoms with Crippen molar-refractivity contribution in [2.24, 2.45) is 0 Å². The van der Waals surface area contributed by atoms with Crippen molar-refractivity contribution in [3.8, 4) is 23.2 Å². The van der Waals surface area contributed by atoms with Crippen LogP contribution in [0.25, 0.3) is 38.5 Å². The highest BCUT2D eigenvalue weighted by molar-refractivity contribution is 6.09. The molecule has 0 saturated heterocycles. The number of fused-ring (bicyclic) bond motifs is 5. The summed E-state index contributed by atoms with van der Waals surface area (Å²) in [5.41, 5.74) is 6.46. The maximum atomic E-state index is 11.0. The van der Waals surface area contributed by atoms with Gasteiger partial charge in [-0.1, -0.05) is 31.0 Å². The van der Waals surface area contributed by atoms with E-state index >= 15 is 0 Å². The van der Waals surface area contributed by atoms with Crippen molar-refractivity contribution in [3.05, 3.63) is 95.7 Å². The molecular weight excluding hydrogens is 494 g/mol. The minimum absolute atomic E-state index is 0.307. The zero-order valence-corrected chi connectivity index (χ0v) is 22.4. The number of hydrogen-bond acceptors (Lipinski definition) is 4. The van der Waals surface area contributed by atoms with Gasteiger partial charge in [-0.2, -0.15) is 0 Å². The molecule has 40 heavy (non-hydrogen) atoms. The number of aromatic hydroxyl groups is 1. The van der Waals surface area contributed by atoms with Crippen molar-refractivity contribution in [1.82, 2.24) is 14.5 Å². The van der Waals surface area contributed by atoms with Crippen molar-refractivity contribution in [3.63, 3.8) is 0 Å².